The van der Waals surface area contributed by atoms with Crippen LogP contribution in [-0.4, -0.2) is 57.4 Å². The molecule has 0 aliphatic carbocycles. The van der Waals surface area contributed by atoms with Gasteiger partial charge in [-0.25, -0.2) is 0 Å². The van der Waals surface area contributed by atoms with Crippen molar-refractivity contribution in [3.63, 3.8) is 0 Å². The lowest BCUT2D eigenvalue weighted by molar-refractivity contribution is 0.00624. The molecule has 3 N–H and O–H groups in total. The van der Waals surface area contributed by atoms with Crippen molar-refractivity contribution in [1.29, 1.82) is 0 Å². The number of oxime groups is 1. The van der Waals surface area contributed by atoms with Crippen molar-refractivity contribution < 1.29 is 14.7 Å². The third-order valence-electron chi connectivity index (χ3n) is 2.84. The molecule has 1 unspecified atom stereocenters. The average molecular weight is 253 g/mol. The molecule has 8 heteroatoms. The summed E-state index contributed by atoms with van der Waals surface area (Å²) in [6.45, 7) is 1.09. The van der Waals surface area contributed by atoms with E-state index in [0.29, 0.717) is 18.8 Å². The first-order valence-corrected chi connectivity index (χ1v) is 5.49. The van der Waals surface area contributed by atoms with Gasteiger partial charge in [-0.15, -0.1) is 0 Å². The van der Waals surface area contributed by atoms with E-state index in [2.05, 4.69) is 10.3 Å². The minimum Gasteiger partial charge on any atom is -0.409 e. The highest BCUT2D eigenvalue weighted by Crippen LogP contribution is 2.10. The molecule has 1 aliphatic rings. The van der Waals surface area contributed by atoms with Gasteiger partial charge in [-0.2, -0.15) is 5.10 Å². The molecule has 1 fully saturated rings. The van der Waals surface area contributed by atoms with Crippen molar-refractivity contribution in [3.05, 3.63) is 18.0 Å². The second-order valence-electron chi connectivity index (χ2n) is 3.98. The third-order valence-corrected chi connectivity index (χ3v) is 2.84. The van der Waals surface area contributed by atoms with Crippen LogP contribution < -0.4 is 5.73 Å². The van der Waals surface area contributed by atoms with E-state index >= 15 is 0 Å². The van der Waals surface area contributed by atoms with E-state index in [1.165, 1.54) is 4.68 Å². The summed E-state index contributed by atoms with van der Waals surface area (Å²) in [4.78, 5) is 13.8. The van der Waals surface area contributed by atoms with Crippen LogP contribution in [0.4, 0.5) is 0 Å². The number of aryl methyl sites for hydroxylation is 1. The SMILES string of the molecule is Cn1nccc1C(=O)N1CCOC(C(N)=NO)C1. The van der Waals surface area contributed by atoms with Crippen LogP contribution in [0, 0.1) is 0 Å². The number of ether oxygens (including phenoxy) is 1. The molecule has 1 aromatic rings. The normalized spacial score (nSPS) is 21.1. The van der Waals surface area contributed by atoms with Crippen molar-refractivity contribution in [2.24, 2.45) is 17.9 Å². The number of hydrogen-bond donors (Lipinski definition) is 2. The Balaban J connectivity index is 2.10. The fraction of sp³-hybridized carbons (Fsp3) is 0.500. The molecule has 98 valence electrons. The molecule has 0 radical (unpaired) electrons. The van der Waals surface area contributed by atoms with Crippen molar-refractivity contribution in [2.45, 2.75) is 6.10 Å². The lowest BCUT2D eigenvalue weighted by atomic mass is 10.2. The molecule has 0 aromatic carbocycles. The molecule has 1 aromatic heterocycles. The fourth-order valence-corrected chi connectivity index (χ4v) is 1.82. The van der Waals surface area contributed by atoms with E-state index < -0.39 is 6.10 Å². The maximum atomic E-state index is 12.2. The highest BCUT2D eigenvalue weighted by Gasteiger charge is 2.28. The second kappa shape index (κ2) is 5.05. The largest absolute Gasteiger partial charge is 0.409 e. The number of amides is 1. The van der Waals surface area contributed by atoms with Crippen LogP contribution in [0.15, 0.2) is 17.4 Å². The van der Waals surface area contributed by atoms with Gasteiger partial charge < -0.3 is 20.6 Å². The number of aromatic nitrogens is 2. The zero-order valence-corrected chi connectivity index (χ0v) is 9.98. The van der Waals surface area contributed by atoms with E-state index in [4.69, 9.17) is 15.7 Å². The summed E-state index contributed by atoms with van der Waals surface area (Å²) >= 11 is 0. The van der Waals surface area contributed by atoms with Crippen LogP contribution in [0.3, 0.4) is 0 Å². The number of hydrogen-bond acceptors (Lipinski definition) is 5. The van der Waals surface area contributed by atoms with E-state index in [0.717, 1.165) is 0 Å². The van der Waals surface area contributed by atoms with E-state index in [1.54, 1.807) is 24.2 Å². The van der Waals surface area contributed by atoms with E-state index in [9.17, 15) is 4.79 Å². The van der Waals surface area contributed by atoms with Gasteiger partial charge in [0.1, 0.15) is 11.8 Å². The van der Waals surface area contributed by atoms with Crippen LogP contribution >= 0.6 is 0 Å². The Morgan fingerprint density at radius 1 is 1.72 bits per heavy atom. The van der Waals surface area contributed by atoms with Gasteiger partial charge in [0.25, 0.3) is 5.91 Å². The van der Waals surface area contributed by atoms with Crippen LogP contribution in [-0.2, 0) is 11.8 Å². The number of nitrogens with zero attached hydrogens (tertiary/aromatic N) is 4. The summed E-state index contributed by atoms with van der Waals surface area (Å²) in [7, 11) is 1.70. The molecule has 0 bridgehead atoms. The maximum absolute atomic E-state index is 12.2. The lowest BCUT2D eigenvalue weighted by Crippen LogP contribution is -2.50. The Kier molecular flexibility index (Phi) is 3.47. The van der Waals surface area contributed by atoms with Gasteiger partial charge in [-0.1, -0.05) is 5.16 Å². The number of carbonyl (C=O) groups is 1. The van der Waals surface area contributed by atoms with Crippen LogP contribution in [0.5, 0.6) is 0 Å². The average Bonchev–Trinajstić information content (AvgIpc) is 2.83. The van der Waals surface area contributed by atoms with E-state index in [1.807, 2.05) is 0 Å². The predicted octanol–water partition coefficient (Wildman–Crippen LogP) is -0.992. The number of rotatable bonds is 2. The number of nitrogens with two attached hydrogens (primary N) is 1. The molecule has 1 amide bonds. The molecule has 0 spiro atoms. The van der Waals surface area contributed by atoms with Crippen LogP contribution in [0.1, 0.15) is 10.5 Å². The molecule has 2 rings (SSSR count). The predicted molar refractivity (Wildman–Crippen MR) is 62.3 cm³/mol. The topological polar surface area (TPSA) is 106 Å². The molecule has 2 heterocycles. The minimum atomic E-state index is -0.569. The standard InChI is InChI=1S/C10H15N5O3/c1-14-7(2-3-12-14)10(16)15-4-5-18-8(6-15)9(11)13-17/h2-3,8,17H,4-6H2,1H3,(H2,11,13). The molecular formula is C10H15N5O3. The molecule has 18 heavy (non-hydrogen) atoms. The van der Waals surface area contributed by atoms with Gasteiger partial charge in [-0.3, -0.25) is 9.48 Å². The van der Waals surface area contributed by atoms with Gasteiger partial charge in [-0.05, 0) is 6.07 Å². The quantitative estimate of drug-likeness (QED) is 0.304. The highest BCUT2D eigenvalue weighted by molar-refractivity contribution is 5.93. The third kappa shape index (κ3) is 2.28. The zero-order chi connectivity index (χ0) is 13.1. The molecular weight excluding hydrogens is 238 g/mol. The maximum Gasteiger partial charge on any atom is 0.272 e. The first kappa shape index (κ1) is 12.4. The number of carbonyl (C=O) groups excluding carboxylic acids is 1. The van der Waals surface area contributed by atoms with Gasteiger partial charge >= 0.3 is 0 Å². The summed E-state index contributed by atoms with van der Waals surface area (Å²) in [5, 5.41) is 15.5. The van der Waals surface area contributed by atoms with Crippen molar-refractivity contribution in [3.8, 4) is 0 Å². The van der Waals surface area contributed by atoms with Crippen LogP contribution in [0.2, 0.25) is 0 Å². The van der Waals surface area contributed by atoms with Crippen molar-refractivity contribution >= 4 is 11.7 Å². The molecule has 1 saturated heterocycles. The Morgan fingerprint density at radius 3 is 3.11 bits per heavy atom. The van der Waals surface area contributed by atoms with Gasteiger partial charge in [0.2, 0.25) is 0 Å². The Bertz CT molecular complexity index is 470. The fourth-order valence-electron chi connectivity index (χ4n) is 1.82. The summed E-state index contributed by atoms with van der Waals surface area (Å²) in [5.74, 6) is -0.174. The first-order chi connectivity index (χ1) is 8.63. The molecule has 1 aliphatic heterocycles. The zero-order valence-electron chi connectivity index (χ0n) is 9.98. The monoisotopic (exact) mass is 253 g/mol. The van der Waals surface area contributed by atoms with Crippen molar-refractivity contribution in [1.82, 2.24) is 14.7 Å². The lowest BCUT2D eigenvalue weighted by Gasteiger charge is -2.32. The second-order valence-corrected chi connectivity index (χ2v) is 3.98. The Hall–Kier alpha value is -2.09. The Labute approximate surface area is 104 Å². The Morgan fingerprint density at radius 2 is 2.50 bits per heavy atom. The minimum absolute atomic E-state index is 0.0301. The summed E-state index contributed by atoms with van der Waals surface area (Å²) in [6.07, 6.45) is 0.996. The van der Waals surface area contributed by atoms with Gasteiger partial charge in [0.15, 0.2) is 5.84 Å². The van der Waals surface area contributed by atoms with Gasteiger partial charge in [0.05, 0.1) is 13.2 Å². The van der Waals surface area contributed by atoms with Crippen molar-refractivity contribution in [2.75, 3.05) is 19.7 Å². The highest BCUT2D eigenvalue weighted by atomic mass is 16.5. The molecule has 8 nitrogen and oxygen atoms in total. The summed E-state index contributed by atoms with van der Waals surface area (Å²) in [6, 6.07) is 1.65. The summed E-state index contributed by atoms with van der Waals surface area (Å²) in [5.41, 5.74) is 5.97. The number of morpholine rings is 1. The number of amidine groups is 1. The van der Waals surface area contributed by atoms with Crippen LogP contribution in [0.25, 0.3) is 0 Å². The molecule has 0 saturated carbocycles. The van der Waals surface area contributed by atoms with E-state index in [-0.39, 0.29) is 18.3 Å². The molecule has 1 atom stereocenters. The smallest absolute Gasteiger partial charge is 0.272 e. The summed E-state index contributed by atoms with van der Waals surface area (Å²) < 4.78 is 6.84. The first-order valence-electron chi connectivity index (χ1n) is 5.49. The van der Waals surface area contributed by atoms with Gasteiger partial charge in [0, 0.05) is 19.8 Å².